The molecule has 0 atom stereocenters. The van der Waals surface area contributed by atoms with Crippen LogP contribution in [0.2, 0.25) is 0 Å². The van der Waals surface area contributed by atoms with E-state index in [9.17, 15) is 9.59 Å². The summed E-state index contributed by atoms with van der Waals surface area (Å²) < 4.78 is 6.86. The number of benzene rings is 2. The van der Waals surface area contributed by atoms with Crippen molar-refractivity contribution < 1.29 is 14.3 Å². The van der Waals surface area contributed by atoms with Gasteiger partial charge in [-0.25, -0.2) is 0 Å². The van der Waals surface area contributed by atoms with E-state index in [-0.39, 0.29) is 18.2 Å². The summed E-state index contributed by atoms with van der Waals surface area (Å²) in [5.41, 5.74) is 7.86. The van der Waals surface area contributed by atoms with Gasteiger partial charge < -0.3 is 15.8 Å². The first-order valence-corrected chi connectivity index (χ1v) is 9.80. The van der Waals surface area contributed by atoms with Crippen LogP contribution in [-0.4, -0.2) is 39.4 Å². The predicted octanol–water partition coefficient (Wildman–Crippen LogP) is 2.48. The standard InChI is InChI=1S/C20H21N5O3S/c1-13-6-5-7-14(10-13)19-23-24-20(25(19)11-17(21)26)29-12-18(27)22-15-8-3-4-9-16(15)28-2/h3-10H,11-12H2,1-2H3,(H2,21,26)(H,22,27). The van der Waals surface area contributed by atoms with E-state index in [1.54, 1.807) is 23.8 Å². The van der Waals surface area contributed by atoms with Gasteiger partial charge in [-0.05, 0) is 25.1 Å². The second-order valence-corrected chi connectivity index (χ2v) is 7.21. The minimum Gasteiger partial charge on any atom is -0.495 e. The van der Waals surface area contributed by atoms with Crippen molar-refractivity contribution >= 4 is 29.3 Å². The molecule has 2 amide bonds. The number of aromatic nitrogens is 3. The zero-order valence-corrected chi connectivity index (χ0v) is 16.9. The molecule has 3 rings (SSSR count). The van der Waals surface area contributed by atoms with Crippen LogP contribution in [0.1, 0.15) is 5.56 Å². The van der Waals surface area contributed by atoms with Crippen LogP contribution in [0.3, 0.4) is 0 Å². The number of thioether (sulfide) groups is 1. The molecule has 0 saturated heterocycles. The number of primary amides is 1. The number of hydrogen-bond acceptors (Lipinski definition) is 6. The highest BCUT2D eigenvalue weighted by Crippen LogP contribution is 2.26. The lowest BCUT2D eigenvalue weighted by molar-refractivity contribution is -0.118. The minimum absolute atomic E-state index is 0.0767. The zero-order chi connectivity index (χ0) is 20.8. The smallest absolute Gasteiger partial charge is 0.237 e. The zero-order valence-electron chi connectivity index (χ0n) is 16.1. The summed E-state index contributed by atoms with van der Waals surface area (Å²) >= 11 is 1.18. The van der Waals surface area contributed by atoms with Gasteiger partial charge in [-0.3, -0.25) is 14.2 Å². The fourth-order valence-corrected chi connectivity index (χ4v) is 3.49. The lowest BCUT2D eigenvalue weighted by Crippen LogP contribution is -2.20. The number of hydrogen-bond donors (Lipinski definition) is 2. The van der Waals surface area contributed by atoms with Gasteiger partial charge >= 0.3 is 0 Å². The van der Waals surface area contributed by atoms with Gasteiger partial charge in [0, 0.05) is 5.56 Å². The molecule has 0 spiro atoms. The van der Waals surface area contributed by atoms with E-state index in [0.29, 0.717) is 22.4 Å². The second kappa shape index (κ2) is 9.24. The van der Waals surface area contributed by atoms with E-state index >= 15 is 0 Å². The normalized spacial score (nSPS) is 10.6. The maximum absolute atomic E-state index is 12.4. The Kier molecular flexibility index (Phi) is 6.50. The number of ether oxygens (including phenoxy) is 1. The molecule has 0 unspecified atom stereocenters. The number of nitrogens with one attached hydrogen (secondary N) is 1. The van der Waals surface area contributed by atoms with E-state index in [0.717, 1.165) is 11.1 Å². The Bertz CT molecular complexity index is 1030. The summed E-state index contributed by atoms with van der Waals surface area (Å²) in [6, 6.07) is 14.9. The van der Waals surface area contributed by atoms with E-state index < -0.39 is 5.91 Å². The lowest BCUT2D eigenvalue weighted by atomic mass is 10.1. The molecule has 2 aromatic carbocycles. The second-order valence-electron chi connectivity index (χ2n) is 6.27. The van der Waals surface area contributed by atoms with Gasteiger partial charge in [-0.1, -0.05) is 47.7 Å². The van der Waals surface area contributed by atoms with Crippen molar-refractivity contribution in [2.75, 3.05) is 18.2 Å². The number of aryl methyl sites for hydroxylation is 1. The van der Waals surface area contributed by atoms with E-state index in [1.807, 2.05) is 43.3 Å². The SMILES string of the molecule is COc1ccccc1NC(=O)CSc1nnc(-c2cccc(C)c2)n1CC(N)=O. The molecule has 9 heteroatoms. The van der Waals surface area contributed by atoms with Crippen LogP contribution in [0, 0.1) is 6.92 Å². The molecule has 0 aliphatic rings. The lowest BCUT2D eigenvalue weighted by Gasteiger charge is -2.10. The van der Waals surface area contributed by atoms with Crippen molar-refractivity contribution in [2.45, 2.75) is 18.6 Å². The third-order valence-corrected chi connectivity index (χ3v) is 4.99. The van der Waals surface area contributed by atoms with Crippen molar-refractivity contribution in [2.24, 2.45) is 5.73 Å². The first kappa shape index (κ1) is 20.4. The molecule has 29 heavy (non-hydrogen) atoms. The maximum Gasteiger partial charge on any atom is 0.237 e. The van der Waals surface area contributed by atoms with Crippen LogP contribution < -0.4 is 15.8 Å². The summed E-state index contributed by atoms with van der Waals surface area (Å²) in [4.78, 5) is 23.9. The Morgan fingerprint density at radius 3 is 2.69 bits per heavy atom. The van der Waals surface area contributed by atoms with Gasteiger partial charge in [0.1, 0.15) is 12.3 Å². The van der Waals surface area contributed by atoms with E-state index in [4.69, 9.17) is 10.5 Å². The quantitative estimate of drug-likeness (QED) is 0.551. The molecule has 3 N–H and O–H groups in total. The Labute approximate surface area is 172 Å². The Morgan fingerprint density at radius 1 is 1.17 bits per heavy atom. The molecule has 150 valence electrons. The summed E-state index contributed by atoms with van der Waals surface area (Å²) in [5, 5.41) is 11.6. The number of amides is 2. The number of carbonyl (C=O) groups excluding carboxylic acids is 2. The Hall–Kier alpha value is -3.33. The van der Waals surface area contributed by atoms with Crippen molar-refractivity contribution in [3.8, 4) is 17.1 Å². The topological polar surface area (TPSA) is 112 Å². The minimum atomic E-state index is -0.515. The van der Waals surface area contributed by atoms with Gasteiger partial charge in [-0.2, -0.15) is 0 Å². The maximum atomic E-state index is 12.4. The van der Waals surface area contributed by atoms with Crippen LogP contribution >= 0.6 is 11.8 Å². The highest BCUT2D eigenvalue weighted by Gasteiger charge is 2.17. The highest BCUT2D eigenvalue weighted by atomic mass is 32.2. The van der Waals surface area contributed by atoms with Crippen molar-refractivity contribution in [1.29, 1.82) is 0 Å². The average molecular weight is 411 g/mol. The molecule has 3 aromatic rings. The Morgan fingerprint density at radius 2 is 1.97 bits per heavy atom. The van der Waals surface area contributed by atoms with Crippen LogP contribution in [-0.2, 0) is 16.1 Å². The molecule has 8 nitrogen and oxygen atoms in total. The first-order chi connectivity index (χ1) is 14.0. The molecular formula is C20H21N5O3S. The van der Waals surface area contributed by atoms with Gasteiger partial charge in [0.2, 0.25) is 11.8 Å². The molecule has 0 radical (unpaired) electrons. The van der Waals surface area contributed by atoms with Crippen molar-refractivity contribution in [3.63, 3.8) is 0 Å². The summed E-state index contributed by atoms with van der Waals surface area (Å²) in [6.07, 6.45) is 0. The number of nitrogens with zero attached hydrogens (tertiary/aromatic N) is 3. The number of carbonyl (C=O) groups is 2. The van der Waals surface area contributed by atoms with Crippen molar-refractivity contribution in [1.82, 2.24) is 14.8 Å². The monoisotopic (exact) mass is 411 g/mol. The molecule has 0 bridgehead atoms. The molecular weight excluding hydrogens is 390 g/mol. The third-order valence-electron chi connectivity index (χ3n) is 4.02. The van der Waals surface area contributed by atoms with Crippen LogP contribution in [0.15, 0.2) is 53.7 Å². The van der Waals surface area contributed by atoms with Gasteiger partial charge in [0.05, 0.1) is 18.6 Å². The molecule has 0 saturated carbocycles. The summed E-state index contributed by atoms with van der Waals surface area (Å²) in [6.45, 7) is 1.89. The first-order valence-electron chi connectivity index (χ1n) is 8.82. The largest absolute Gasteiger partial charge is 0.495 e. The molecule has 1 aromatic heterocycles. The third kappa shape index (κ3) is 5.14. The molecule has 1 heterocycles. The van der Waals surface area contributed by atoms with E-state index in [2.05, 4.69) is 15.5 Å². The highest BCUT2D eigenvalue weighted by molar-refractivity contribution is 7.99. The number of methoxy groups -OCH3 is 1. The van der Waals surface area contributed by atoms with Crippen LogP contribution in [0.5, 0.6) is 5.75 Å². The molecule has 0 aliphatic heterocycles. The van der Waals surface area contributed by atoms with Crippen LogP contribution in [0.4, 0.5) is 5.69 Å². The number of para-hydroxylation sites is 2. The number of nitrogens with two attached hydrogens (primary N) is 1. The number of anilines is 1. The van der Waals surface area contributed by atoms with Gasteiger partial charge in [0.15, 0.2) is 11.0 Å². The predicted molar refractivity (Wildman–Crippen MR) is 112 cm³/mol. The fraction of sp³-hybridized carbons (Fsp3) is 0.200. The fourth-order valence-electron chi connectivity index (χ4n) is 2.76. The molecule has 0 fully saturated rings. The van der Waals surface area contributed by atoms with Crippen LogP contribution in [0.25, 0.3) is 11.4 Å². The molecule has 0 aliphatic carbocycles. The number of rotatable bonds is 8. The average Bonchev–Trinajstić information content (AvgIpc) is 3.08. The van der Waals surface area contributed by atoms with E-state index in [1.165, 1.54) is 11.8 Å². The summed E-state index contributed by atoms with van der Waals surface area (Å²) in [7, 11) is 1.54. The van der Waals surface area contributed by atoms with Crippen molar-refractivity contribution in [3.05, 3.63) is 54.1 Å². The summed E-state index contributed by atoms with van der Waals surface area (Å²) in [5.74, 6) is 0.442. The Balaban J connectivity index is 1.76. The van der Waals surface area contributed by atoms with Gasteiger partial charge in [-0.15, -0.1) is 10.2 Å². The van der Waals surface area contributed by atoms with Gasteiger partial charge in [0.25, 0.3) is 0 Å².